The van der Waals surface area contributed by atoms with Crippen molar-refractivity contribution in [2.45, 2.75) is 63.0 Å². The fourth-order valence-corrected chi connectivity index (χ4v) is 5.61. The molecule has 4 heterocycles. The highest BCUT2D eigenvalue weighted by Crippen LogP contribution is 2.33. The second kappa shape index (κ2) is 9.42. The zero-order valence-electron chi connectivity index (χ0n) is 20.3. The first-order valence-electron chi connectivity index (χ1n) is 13.0. The predicted molar refractivity (Wildman–Crippen MR) is 132 cm³/mol. The Morgan fingerprint density at radius 3 is 2.36 bits per heavy atom. The van der Waals surface area contributed by atoms with E-state index in [9.17, 15) is 13.6 Å². The molecule has 3 fully saturated rings. The van der Waals surface area contributed by atoms with Crippen LogP contribution in [0.1, 0.15) is 55.4 Å². The van der Waals surface area contributed by atoms with Gasteiger partial charge in [-0.1, -0.05) is 6.42 Å². The lowest BCUT2D eigenvalue weighted by molar-refractivity contribution is -0.0495. The van der Waals surface area contributed by atoms with Gasteiger partial charge in [-0.3, -0.25) is 4.79 Å². The molecule has 1 aromatic carbocycles. The van der Waals surface area contributed by atoms with E-state index >= 15 is 0 Å². The van der Waals surface area contributed by atoms with Crippen molar-refractivity contribution in [3.63, 3.8) is 0 Å². The molecule has 2 aromatic heterocycles. The summed E-state index contributed by atoms with van der Waals surface area (Å²) in [5.41, 5.74) is 1.88. The van der Waals surface area contributed by atoms with Crippen LogP contribution in [0.5, 0.6) is 5.75 Å². The van der Waals surface area contributed by atoms with E-state index in [2.05, 4.69) is 14.9 Å². The molecular formula is C27H31F2N5O2. The topological polar surface area (TPSA) is 63.5 Å². The summed E-state index contributed by atoms with van der Waals surface area (Å²) < 4.78 is 35.6. The number of aromatic nitrogens is 3. The van der Waals surface area contributed by atoms with Crippen LogP contribution >= 0.6 is 0 Å². The number of hydrogen-bond acceptors (Lipinski definition) is 5. The number of amides is 1. The number of hydrogen-bond donors (Lipinski definition) is 0. The first-order chi connectivity index (χ1) is 17.5. The number of benzene rings is 1. The first-order valence-corrected chi connectivity index (χ1v) is 13.0. The van der Waals surface area contributed by atoms with Gasteiger partial charge in [-0.15, -0.1) is 0 Å². The molecule has 0 atom stereocenters. The number of fused-ring (bicyclic) bond motifs is 1. The Balaban J connectivity index is 1.26. The molecule has 1 aliphatic carbocycles. The van der Waals surface area contributed by atoms with E-state index in [0.29, 0.717) is 11.4 Å². The minimum Gasteiger partial charge on any atom is -0.490 e. The monoisotopic (exact) mass is 495 g/mol. The van der Waals surface area contributed by atoms with E-state index < -0.39 is 5.92 Å². The quantitative estimate of drug-likeness (QED) is 0.514. The summed E-state index contributed by atoms with van der Waals surface area (Å²) in [6, 6.07) is 8.45. The van der Waals surface area contributed by atoms with Crippen LogP contribution in [-0.2, 0) is 0 Å². The molecule has 1 saturated carbocycles. The van der Waals surface area contributed by atoms with Crippen LogP contribution in [0.15, 0.2) is 43.0 Å². The molecule has 2 aliphatic heterocycles. The Bertz CT molecular complexity index is 1230. The molecule has 0 radical (unpaired) electrons. The van der Waals surface area contributed by atoms with Crippen molar-refractivity contribution in [2.24, 2.45) is 0 Å². The van der Waals surface area contributed by atoms with Crippen molar-refractivity contribution >= 4 is 16.8 Å². The van der Waals surface area contributed by atoms with E-state index in [0.717, 1.165) is 48.6 Å². The largest absolute Gasteiger partial charge is 0.490 e. The van der Waals surface area contributed by atoms with Gasteiger partial charge in [0.05, 0.1) is 23.6 Å². The van der Waals surface area contributed by atoms with Crippen LogP contribution in [0.25, 0.3) is 16.6 Å². The fourth-order valence-electron chi connectivity index (χ4n) is 5.61. The normalized spacial score (nSPS) is 21.4. The van der Waals surface area contributed by atoms with Gasteiger partial charge in [-0.25, -0.2) is 18.7 Å². The lowest BCUT2D eigenvalue weighted by atomic mass is 9.90. The Kier molecular flexibility index (Phi) is 6.11. The van der Waals surface area contributed by atoms with Gasteiger partial charge in [-0.2, -0.15) is 0 Å². The van der Waals surface area contributed by atoms with Gasteiger partial charge in [0, 0.05) is 50.4 Å². The van der Waals surface area contributed by atoms with E-state index in [-0.39, 0.29) is 37.9 Å². The summed E-state index contributed by atoms with van der Waals surface area (Å²) in [6.07, 6.45) is 10.3. The average molecular weight is 496 g/mol. The first kappa shape index (κ1) is 23.3. The summed E-state index contributed by atoms with van der Waals surface area (Å²) in [5.74, 6) is -2.20. The van der Waals surface area contributed by atoms with Gasteiger partial charge in [-0.05, 0) is 49.9 Å². The number of ether oxygens (including phenoxy) is 1. The second-order valence-corrected chi connectivity index (χ2v) is 10.3. The summed E-state index contributed by atoms with van der Waals surface area (Å²) in [6.45, 7) is 2.23. The Labute approximate surface area is 209 Å². The van der Waals surface area contributed by atoms with Gasteiger partial charge in [0.1, 0.15) is 23.9 Å². The van der Waals surface area contributed by atoms with Crippen molar-refractivity contribution in [1.29, 1.82) is 0 Å². The number of alkyl halides is 2. The molecular weight excluding hydrogens is 464 g/mol. The van der Waals surface area contributed by atoms with E-state index in [1.54, 1.807) is 12.4 Å². The number of carbonyl (C=O) groups excluding carboxylic acids is 1. The molecule has 36 heavy (non-hydrogen) atoms. The van der Waals surface area contributed by atoms with Gasteiger partial charge in [0.2, 0.25) is 0 Å². The SMILES string of the molecule is O=C(c1cc2cc(OC3CCN(C4CCC4)CC3)ccc2n1-c1cncnc1)N1CCC(F)(F)CC1. The second-order valence-electron chi connectivity index (χ2n) is 10.3. The van der Waals surface area contributed by atoms with Crippen LogP contribution in [-0.4, -0.2) is 74.5 Å². The molecule has 3 aromatic rings. The van der Waals surface area contributed by atoms with Crippen molar-refractivity contribution in [3.05, 3.63) is 48.7 Å². The summed E-state index contributed by atoms with van der Waals surface area (Å²) in [7, 11) is 0. The van der Waals surface area contributed by atoms with Crippen LogP contribution in [0.4, 0.5) is 8.78 Å². The third-order valence-electron chi connectivity index (χ3n) is 7.95. The molecule has 9 heteroatoms. The number of rotatable bonds is 5. The fraction of sp³-hybridized carbons (Fsp3) is 0.519. The number of piperidine rings is 2. The van der Waals surface area contributed by atoms with Crippen molar-refractivity contribution in [2.75, 3.05) is 26.2 Å². The molecule has 2 saturated heterocycles. The van der Waals surface area contributed by atoms with Crippen LogP contribution in [0.3, 0.4) is 0 Å². The molecule has 6 rings (SSSR count). The molecule has 0 unspecified atom stereocenters. The third kappa shape index (κ3) is 4.56. The molecule has 0 spiro atoms. The molecule has 0 bridgehead atoms. The minimum absolute atomic E-state index is 0.0343. The Morgan fingerprint density at radius 2 is 1.69 bits per heavy atom. The zero-order chi connectivity index (χ0) is 24.7. The van der Waals surface area contributed by atoms with E-state index in [1.165, 1.54) is 30.5 Å². The number of nitrogens with zero attached hydrogens (tertiary/aromatic N) is 5. The average Bonchev–Trinajstić information content (AvgIpc) is 3.23. The standard InChI is InChI=1S/C27H31F2N5O2/c28-27(29)8-12-33(13-9-27)26(35)25-15-19-14-23(4-5-24(19)34(25)21-16-30-18-31-17-21)36-22-6-10-32(11-7-22)20-2-1-3-20/h4-5,14-18,20,22H,1-3,6-13H2. The molecule has 7 nitrogen and oxygen atoms in total. The highest BCUT2D eigenvalue weighted by molar-refractivity contribution is 6.00. The van der Waals surface area contributed by atoms with Crippen LogP contribution in [0.2, 0.25) is 0 Å². The van der Waals surface area contributed by atoms with Crippen molar-refractivity contribution in [1.82, 2.24) is 24.3 Å². The maximum atomic E-state index is 13.7. The predicted octanol–water partition coefficient (Wildman–Crippen LogP) is 4.69. The summed E-state index contributed by atoms with van der Waals surface area (Å²) >= 11 is 0. The number of halogens is 2. The van der Waals surface area contributed by atoms with Crippen molar-refractivity contribution < 1.29 is 18.3 Å². The summed E-state index contributed by atoms with van der Waals surface area (Å²) in [5, 5.41) is 0.856. The zero-order valence-corrected chi connectivity index (χ0v) is 20.3. The van der Waals surface area contributed by atoms with E-state index in [4.69, 9.17) is 4.74 Å². The van der Waals surface area contributed by atoms with E-state index in [1.807, 2.05) is 28.8 Å². The summed E-state index contributed by atoms with van der Waals surface area (Å²) in [4.78, 5) is 25.8. The van der Waals surface area contributed by atoms with Crippen LogP contribution < -0.4 is 4.74 Å². The smallest absolute Gasteiger partial charge is 0.270 e. The Hall–Kier alpha value is -3.07. The molecule has 190 valence electrons. The molecule has 1 amide bonds. The minimum atomic E-state index is -2.71. The van der Waals surface area contributed by atoms with Gasteiger partial charge >= 0.3 is 0 Å². The highest BCUT2D eigenvalue weighted by atomic mass is 19.3. The third-order valence-corrected chi connectivity index (χ3v) is 7.95. The van der Waals surface area contributed by atoms with Crippen molar-refractivity contribution in [3.8, 4) is 11.4 Å². The highest BCUT2D eigenvalue weighted by Gasteiger charge is 2.36. The number of carbonyl (C=O) groups is 1. The maximum Gasteiger partial charge on any atom is 0.270 e. The molecule has 3 aliphatic rings. The lowest BCUT2D eigenvalue weighted by Gasteiger charge is -2.41. The van der Waals surface area contributed by atoms with Crippen LogP contribution in [0, 0.1) is 0 Å². The van der Waals surface area contributed by atoms with Gasteiger partial charge < -0.3 is 19.1 Å². The number of likely N-dealkylation sites (tertiary alicyclic amines) is 2. The Morgan fingerprint density at radius 1 is 0.972 bits per heavy atom. The lowest BCUT2D eigenvalue weighted by Crippen LogP contribution is -2.46. The van der Waals surface area contributed by atoms with Gasteiger partial charge in [0.25, 0.3) is 11.8 Å². The maximum absolute atomic E-state index is 13.7. The van der Waals surface area contributed by atoms with Gasteiger partial charge in [0.15, 0.2) is 0 Å². The molecule has 0 N–H and O–H groups in total.